The molecule has 4 aromatic rings. The molecule has 0 unspecified atom stereocenters. The molecule has 2 aromatic heterocycles. The number of aromatic nitrogens is 2. The second-order valence-corrected chi connectivity index (χ2v) is 12.5. The van der Waals surface area contributed by atoms with Crippen LogP contribution in [0.2, 0.25) is 0 Å². The molecule has 0 saturated carbocycles. The number of carbonyl (C=O) groups is 3. The van der Waals surface area contributed by atoms with E-state index in [2.05, 4.69) is 10.4 Å². The molecule has 11 nitrogen and oxygen atoms in total. The quantitative estimate of drug-likeness (QED) is 0.376. The van der Waals surface area contributed by atoms with Crippen molar-refractivity contribution >= 4 is 28.7 Å². The van der Waals surface area contributed by atoms with Gasteiger partial charge in [0.25, 0.3) is 5.91 Å². The Hall–Kier alpha value is -4.80. The third-order valence-corrected chi connectivity index (χ3v) is 9.26. The standard InChI is InChI=1S/C34H37N5O6/c1-21-13-22(2)39(36-21)17-30(41)37-11-6-12-43-28-10-5-8-25-27-15-38(19-34(27,20-44-32(25)28)18-35-29(40)16-37)33(42)26-9-4-7-24-14-23(3)45-31(24)26/h4-5,7-10,13-14,27H,6,11-12,15-20H2,1-3H3,(H,35,40)/t27-,34+/m0/s1. The fourth-order valence-electron chi connectivity index (χ4n) is 7.05. The van der Waals surface area contributed by atoms with E-state index in [1.807, 2.05) is 68.1 Å². The summed E-state index contributed by atoms with van der Waals surface area (Å²) in [6.07, 6.45) is 0.535. The first-order valence-corrected chi connectivity index (χ1v) is 15.4. The second kappa shape index (κ2) is 11.3. The lowest BCUT2D eigenvalue weighted by Crippen LogP contribution is -2.51. The number of hydrogen-bond acceptors (Lipinski definition) is 7. The molecule has 8 rings (SSSR count). The Kier molecular flexibility index (Phi) is 7.26. The number of nitrogens with zero attached hydrogens (tertiary/aromatic N) is 4. The van der Waals surface area contributed by atoms with Crippen molar-refractivity contribution in [3.63, 3.8) is 0 Å². The van der Waals surface area contributed by atoms with Crippen molar-refractivity contribution in [3.05, 3.63) is 76.8 Å². The predicted molar refractivity (Wildman–Crippen MR) is 165 cm³/mol. The highest BCUT2D eigenvalue weighted by molar-refractivity contribution is 6.05. The van der Waals surface area contributed by atoms with Crippen molar-refractivity contribution < 1.29 is 28.3 Å². The molecule has 4 bridgehead atoms. The Morgan fingerprint density at radius 2 is 1.91 bits per heavy atom. The lowest BCUT2D eigenvalue weighted by molar-refractivity contribution is -0.137. The van der Waals surface area contributed by atoms with Crippen molar-refractivity contribution in [1.29, 1.82) is 0 Å². The van der Waals surface area contributed by atoms with Crippen LogP contribution in [0.5, 0.6) is 11.5 Å². The number of carbonyl (C=O) groups excluding carboxylic acids is 3. The molecule has 2 aromatic carbocycles. The fourth-order valence-corrected chi connectivity index (χ4v) is 7.05. The maximum atomic E-state index is 14.0. The molecule has 0 radical (unpaired) electrons. The third-order valence-electron chi connectivity index (χ3n) is 9.26. The Labute approximate surface area is 261 Å². The first-order chi connectivity index (χ1) is 21.7. The average molecular weight is 612 g/mol. The molecule has 234 valence electrons. The molecule has 4 aliphatic rings. The molecule has 1 N–H and O–H groups in total. The molecular weight excluding hydrogens is 574 g/mol. The van der Waals surface area contributed by atoms with Crippen LogP contribution >= 0.6 is 0 Å². The minimum atomic E-state index is -0.577. The van der Waals surface area contributed by atoms with Crippen LogP contribution in [-0.2, 0) is 16.1 Å². The average Bonchev–Trinajstić information content (AvgIpc) is 3.70. The van der Waals surface area contributed by atoms with Crippen LogP contribution in [0.3, 0.4) is 0 Å². The second-order valence-electron chi connectivity index (χ2n) is 12.5. The molecule has 1 saturated heterocycles. The minimum Gasteiger partial charge on any atom is -0.490 e. The van der Waals surface area contributed by atoms with Crippen LogP contribution in [0.25, 0.3) is 11.0 Å². The number of likely N-dealkylation sites (tertiary alicyclic amines) is 1. The number of amides is 3. The number of aryl methyl sites for hydroxylation is 3. The van der Waals surface area contributed by atoms with Crippen LogP contribution in [0.4, 0.5) is 0 Å². The maximum absolute atomic E-state index is 14.0. The summed E-state index contributed by atoms with van der Waals surface area (Å²) in [6, 6.07) is 15.3. The van der Waals surface area contributed by atoms with Crippen LogP contribution in [0, 0.1) is 26.2 Å². The molecule has 11 heteroatoms. The summed E-state index contributed by atoms with van der Waals surface area (Å²) in [5, 5.41) is 8.41. The molecule has 2 atom stereocenters. The number of fused-ring (bicyclic) bond motifs is 10. The topological polar surface area (TPSA) is 119 Å². The number of para-hydroxylation sites is 2. The van der Waals surface area contributed by atoms with Gasteiger partial charge in [0.05, 0.1) is 31.0 Å². The number of ether oxygens (including phenoxy) is 2. The summed E-state index contributed by atoms with van der Waals surface area (Å²) in [7, 11) is 0. The highest BCUT2D eigenvalue weighted by Gasteiger charge is 2.53. The van der Waals surface area contributed by atoms with Crippen molar-refractivity contribution in [3.8, 4) is 11.5 Å². The van der Waals surface area contributed by atoms with Crippen LogP contribution in [-0.4, -0.2) is 83.2 Å². The zero-order chi connectivity index (χ0) is 31.3. The minimum absolute atomic E-state index is 0.0544. The lowest BCUT2D eigenvalue weighted by Gasteiger charge is -2.40. The van der Waals surface area contributed by atoms with Crippen LogP contribution in [0.15, 0.2) is 52.9 Å². The van der Waals surface area contributed by atoms with E-state index in [4.69, 9.17) is 13.9 Å². The van der Waals surface area contributed by atoms with Gasteiger partial charge in [-0.2, -0.15) is 5.10 Å². The van der Waals surface area contributed by atoms with E-state index < -0.39 is 5.41 Å². The molecule has 1 spiro atoms. The van der Waals surface area contributed by atoms with Gasteiger partial charge in [0.15, 0.2) is 11.5 Å². The Morgan fingerprint density at radius 3 is 2.73 bits per heavy atom. The van der Waals surface area contributed by atoms with E-state index >= 15 is 0 Å². The van der Waals surface area contributed by atoms with E-state index in [0.717, 1.165) is 28.1 Å². The van der Waals surface area contributed by atoms with Gasteiger partial charge in [-0.15, -0.1) is 0 Å². The van der Waals surface area contributed by atoms with Gasteiger partial charge in [0.1, 0.15) is 17.9 Å². The largest absolute Gasteiger partial charge is 0.490 e. The number of nitrogens with one attached hydrogen (secondary N) is 1. The summed E-state index contributed by atoms with van der Waals surface area (Å²) >= 11 is 0. The maximum Gasteiger partial charge on any atom is 0.257 e. The monoisotopic (exact) mass is 611 g/mol. The van der Waals surface area contributed by atoms with Crippen molar-refractivity contribution in [2.45, 2.75) is 39.7 Å². The zero-order valence-corrected chi connectivity index (χ0v) is 25.8. The SMILES string of the molecule is Cc1cc(C)n(CC(=O)N2CCCOc3cccc4c3OC[C@@]3(CNC(=O)C2)CN(C(=O)c2cccc5cc(C)oc25)C[C@@H]43)n1. The van der Waals surface area contributed by atoms with Gasteiger partial charge in [-0.1, -0.05) is 24.3 Å². The summed E-state index contributed by atoms with van der Waals surface area (Å²) < 4.78 is 20.2. The van der Waals surface area contributed by atoms with Gasteiger partial charge >= 0.3 is 0 Å². The number of benzene rings is 2. The van der Waals surface area contributed by atoms with Gasteiger partial charge in [0.2, 0.25) is 11.8 Å². The molecule has 0 aliphatic carbocycles. The summed E-state index contributed by atoms with van der Waals surface area (Å²) in [5.74, 6) is 1.40. The van der Waals surface area contributed by atoms with Gasteiger partial charge in [-0.25, -0.2) is 0 Å². The predicted octanol–water partition coefficient (Wildman–Crippen LogP) is 3.60. The van der Waals surface area contributed by atoms with Crippen molar-refractivity contribution in [2.75, 3.05) is 45.9 Å². The molecule has 6 heterocycles. The van der Waals surface area contributed by atoms with Crippen molar-refractivity contribution in [1.82, 2.24) is 24.9 Å². The smallest absolute Gasteiger partial charge is 0.257 e. The lowest BCUT2D eigenvalue weighted by atomic mass is 9.73. The molecule has 4 aliphatic heterocycles. The summed E-state index contributed by atoms with van der Waals surface area (Å²) in [4.78, 5) is 44.3. The van der Waals surface area contributed by atoms with E-state index in [0.29, 0.717) is 61.9 Å². The van der Waals surface area contributed by atoms with Crippen LogP contribution < -0.4 is 14.8 Å². The normalized spacial score (nSPS) is 21.6. The third kappa shape index (κ3) is 5.30. The first kappa shape index (κ1) is 28.9. The highest BCUT2D eigenvalue weighted by atomic mass is 16.5. The van der Waals surface area contributed by atoms with Gasteiger partial charge in [0, 0.05) is 54.2 Å². The Bertz CT molecular complexity index is 1810. The summed E-state index contributed by atoms with van der Waals surface area (Å²) in [6.45, 7) is 7.77. The van der Waals surface area contributed by atoms with E-state index in [-0.39, 0.29) is 43.3 Å². The Morgan fingerprint density at radius 1 is 1.07 bits per heavy atom. The number of furan rings is 1. The molecule has 3 amide bonds. The zero-order valence-electron chi connectivity index (χ0n) is 25.8. The molecule has 45 heavy (non-hydrogen) atoms. The summed E-state index contributed by atoms with van der Waals surface area (Å²) in [5.41, 5.74) is 3.20. The van der Waals surface area contributed by atoms with E-state index in [9.17, 15) is 14.4 Å². The van der Waals surface area contributed by atoms with E-state index in [1.165, 1.54) is 0 Å². The fraction of sp³-hybridized carbons (Fsp3) is 0.412. The van der Waals surface area contributed by atoms with Gasteiger partial charge in [-0.3, -0.25) is 19.1 Å². The molecule has 1 fully saturated rings. The van der Waals surface area contributed by atoms with Crippen molar-refractivity contribution in [2.24, 2.45) is 5.41 Å². The Balaban J connectivity index is 1.17. The van der Waals surface area contributed by atoms with Gasteiger partial charge in [-0.05, 0) is 51.5 Å². The highest BCUT2D eigenvalue weighted by Crippen LogP contribution is 2.52. The van der Waals surface area contributed by atoms with Crippen LogP contribution in [0.1, 0.15) is 45.4 Å². The molecular formula is C34H37N5O6. The van der Waals surface area contributed by atoms with E-state index in [1.54, 1.807) is 15.6 Å². The first-order valence-electron chi connectivity index (χ1n) is 15.4. The number of hydrogen-bond donors (Lipinski definition) is 1. The number of rotatable bonds is 3. The van der Waals surface area contributed by atoms with Gasteiger partial charge < -0.3 is 29.0 Å².